The molecule has 0 spiro atoms. The predicted molar refractivity (Wildman–Crippen MR) is 74.0 cm³/mol. The van der Waals surface area contributed by atoms with Crippen molar-refractivity contribution in [2.24, 2.45) is 0 Å². The van der Waals surface area contributed by atoms with Crippen LogP contribution in [0.25, 0.3) is 0 Å². The van der Waals surface area contributed by atoms with E-state index in [1.54, 1.807) is 17.0 Å². The monoisotopic (exact) mass is 277 g/mol. The Morgan fingerprint density at radius 2 is 2.15 bits per heavy atom. The zero-order valence-corrected chi connectivity index (χ0v) is 11.5. The summed E-state index contributed by atoms with van der Waals surface area (Å²) in [4.78, 5) is 25.1. The number of likely N-dealkylation sites (tertiary alicyclic amines) is 1. The van der Waals surface area contributed by atoms with E-state index >= 15 is 0 Å². The van der Waals surface area contributed by atoms with E-state index in [1.165, 1.54) is 12.1 Å². The molecule has 1 aromatic carbocycles. The van der Waals surface area contributed by atoms with Gasteiger partial charge in [0.2, 0.25) is 0 Å². The zero-order valence-electron chi connectivity index (χ0n) is 11.5. The Balaban J connectivity index is 2.10. The average molecular weight is 277 g/mol. The molecule has 1 N–H and O–H groups in total. The van der Waals surface area contributed by atoms with Gasteiger partial charge in [0.1, 0.15) is 0 Å². The number of ether oxygens (including phenoxy) is 1. The molecule has 1 amide bonds. The first-order valence-electron chi connectivity index (χ1n) is 6.86. The summed E-state index contributed by atoms with van der Waals surface area (Å²) in [6, 6.07) is 6.16. The molecule has 1 aliphatic rings. The van der Waals surface area contributed by atoms with Gasteiger partial charge in [0, 0.05) is 25.3 Å². The third-order valence-electron chi connectivity index (χ3n) is 3.42. The molecule has 5 nitrogen and oxygen atoms in total. The summed E-state index contributed by atoms with van der Waals surface area (Å²) in [7, 11) is 0. The highest BCUT2D eigenvalue weighted by Gasteiger charge is 2.25. The Bertz CT molecular complexity index is 498. The van der Waals surface area contributed by atoms with Crippen LogP contribution in [0, 0.1) is 0 Å². The van der Waals surface area contributed by atoms with Crippen LogP contribution in [0.5, 0.6) is 0 Å². The fourth-order valence-electron chi connectivity index (χ4n) is 2.46. The molecule has 0 radical (unpaired) electrons. The van der Waals surface area contributed by atoms with Gasteiger partial charge in [-0.3, -0.25) is 4.79 Å². The van der Waals surface area contributed by atoms with Gasteiger partial charge in [-0.1, -0.05) is 6.07 Å². The van der Waals surface area contributed by atoms with Crippen LogP contribution in [-0.2, 0) is 4.74 Å². The van der Waals surface area contributed by atoms with E-state index in [4.69, 9.17) is 9.84 Å². The molecule has 2 rings (SSSR count). The number of rotatable bonds is 4. The van der Waals surface area contributed by atoms with Gasteiger partial charge in [0.25, 0.3) is 5.91 Å². The summed E-state index contributed by atoms with van der Waals surface area (Å²) in [6.07, 6.45) is 1.96. The third-order valence-corrected chi connectivity index (χ3v) is 3.42. The Hall–Kier alpha value is -1.88. The van der Waals surface area contributed by atoms with Crippen LogP contribution in [0.15, 0.2) is 24.3 Å². The maximum atomic E-state index is 12.4. The first kappa shape index (κ1) is 14.5. The molecule has 0 saturated carbocycles. The number of carboxylic acid groups (broad SMARTS) is 1. The van der Waals surface area contributed by atoms with Crippen molar-refractivity contribution in [1.82, 2.24) is 4.90 Å². The highest BCUT2D eigenvalue weighted by Crippen LogP contribution is 2.17. The summed E-state index contributed by atoms with van der Waals surface area (Å²) < 4.78 is 5.57. The molecule has 108 valence electrons. The van der Waals surface area contributed by atoms with Crippen LogP contribution >= 0.6 is 0 Å². The lowest BCUT2D eigenvalue weighted by atomic mass is 10.1. The maximum Gasteiger partial charge on any atom is 0.335 e. The van der Waals surface area contributed by atoms with Gasteiger partial charge >= 0.3 is 5.97 Å². The largest absolute Gasteiger partial charge is 0.478 e. The fraction of sp³-hybridized carbons (Fsp3) is 0.467. The maximum absolute atomic E-state index is 12.4. The minimum atomic E-state index is -1.02. The smallest absolute Gasteiger partial charge is 0.335 e. The van der Waals surface area contributed by atoms with Crippen molar-refractivity contribution in [2.75, 3.05) is 19.7 Å². The molecular weight excluding hydrogens is 258 g/mol. The second-order valence-corrected chi connectivity index (χ2v) is 4.86. The predicted octanol–water partition coefficient (Wildman–Crippen LogP) is 2.03. The van der Waals surface area contributed by atoms with Crippen LogP contribution in [0.1, 0.15) is 40.5 Å². The lowest BCUT2D eigenvalue weighted by Crippen LogP contribution is -2.43. The number of carboxylic acids is 1. The summed E-state index contributed by atoms with van der Waals surface area (Å²) in [5.74, 6) is -1.15. The van der Waals surface area contributed by atoms with Crippen molar-refractivity contribution in [3.63, 3.8) is 0 Å². The second-order valence-electron chi connectivity index (χ2n) is 4.86. The second kappa shape index (κ2) is 6.52. The zero-order chi connectivity index (χ0) is 14.5. The minimum absolute atomic E-state index is 0.0837. The number of nitrogens with zero attached hydrogens (tertiary/aromatic N) is 1. The number of hydrogen-bond donors (Lipinski definition) is 1. The van der Waals surface area contributed by atoms with Crippen LogP contribution in [-0.4, -0.2) is 47.7 Å². The molecule has 1 aromatic rings. The van der Waals surface area contributed by atoms with E-state index in [1.807, 2.05) is 6.92 Å². The van der Waals surface area contributed by atoms with Crippen molar-refractivity contribution >= 4 is 11.9 Å². The number of piperidine rings is 1. The number of carbonyl (C=O) groups is 2. The first-order valence-corrected chi connectivity index (χ1v) is 6.86. The number of carbonyl (C=O) groups excluding carboxylic acids is 1. The topological polar surface area (TPSA) is 66.8 Å². The highest BCUT2D eigenvalue weighted by atomic mass is 16.5. The van der Waals surface area contributed by atoms with Crippen molar-refractivity contribution in [2.45, 2.75) is 25.9 Å². The molecule has 0 unspecified atom stereocenters. The van der Waals surface area contributed by atoms with Crippen LogP contribution in [0.3, 0.4) is 0 Å². The molecule has 0 bridgehead atoms. The number of hydrogen-bond acceptors (Lipinski definition) is 3. The van der Waals surface area contributed by atoms with Crippen LogP contribution < -0.4 is 0 Å². The molecule has 1 aliphatic heterocycles. The standard InChI is InChI=1S/C15H19NO4/c1-2-20-13-7-4-8-16(10-13)14(17)11-5-3-6-12(9-11)15(18)19/h3,5-6,9,13H,2,4,7-8,10H2,1H3,(H,18,19)/t13-/m1/s1. The molecule has 1 heterocycles. The Morgan fingerprint density at radius 1 is 1.40 bits per heavy atom. The van der Waals surface area contributed by atoms with Crippen LogP contribution in [0.4, 0.5) is 0 Å². The van der Waals surface area contributed by atoms with E-state index in [9.17, 15) is 9.59 Å². The third kappa shape index (κ3) is 3.36. The first-order chi connectivity index (χ1) is 9.61. The minimum Gasteiger partial charge on any atom is -0.478 e. The molecule has 1 fully saturated rings. The summed E-state index contributed by atoms with van der Waals surface area (Å²) >= 11 is 0. The Labute approximate surface area is 118 Å². The van der Waals surface area contributed by atoms with Gasteiger partial charge in [0.15, 0.2) is 0 Å². The molecule has 0 aromatic heterocycles. The van der Waals surface area contributed by atoms with Gasteiger partial charge in [-0.2, -0.15) is 0 Å². The van der Waals surface area contributed by atoms with E-state index in [0.717, 1.165) is 12.8 Å². The summed E-state index contributed by atoms with van der Waals surface area (Å²) in [6.45, 7) is 3.85. The van der Waals surface area contributed by atoms with Crippen molar-refractivity contribution in [3.05, 3.63) is 35.4 Å². The SMILES string of the molecule is CCO[C@@H]1CCCN(C(=O)c2cccc(C(=O)O)c2)C1. The highest BCUT2D eigenvalue weighted by molar-refractivity contribution is 5.97. The lowest BCUT2D eigenvalue weighted by molar-refractivity contribution is 0.00724. The van der Waals surface area contributed by atoms with Gasteiger partial charge in [-0.05, 0) is 38.0 Å². The summed E-state index contributed by atoms with van der Waals surface area (Å²) in [5, 5.41) is 8.97. The van der Waals surface area contributed by atoms with Gasteiger partial charge in [0.05, 0.1) is 11.7 Å². The fourth-order valence-corrected chi connectivity index (χ4v) is 2.46. The molecular formula is C15H19NO4. The van der Waals surface area contributed by atoms with E-state index in [2.05, 4.69) is 0 Å². The Kier molecular flexibility index (Phi) is 4.74. The summed E-state index contributed by atoms with van der Waals surface area (Å²) in [5.41, 5.74) is 0.552. The molecule has 1 saturated heterocycles. The van der Waals surface area contributed by atoms with Gasteiger partial charge in [-0.25, -0.2) is 4.79 Å². The number of amides is 1. The van der Waals surface area contributed by atoms with Crippen molar-refractivity contribution in [3.8, 4) is 0 Å². The normalized spacial score (nSPS) is 18.9. The molecule has 5 heteroatoms. The van der Waals surface area contributed by atoms with Crippen LogP contribution in [0.2, 0.25) is 0 Å². The van der Waals surface area contributed by atoms with Gasteiger partial charge in [-0.15, -0.1) is 0 Å². The van der Waals surface area contributed by atoms with E-state index in [-0.39, 0.29) is 17.6 Å². The van der Waals surface area contributed by atoms with E-state index < -0.39 is 5.97 Å². The van der Waals surface area contributed by atoms with Gasteiger partial charge < -0.3 is 14.7 Å². The average Bonchev–Trinajstić information content (AvgIpc) is 2.47. The molecule has 1 atom stereocenters. The lowest BCUT2D eigenvalue weighted by Gasteiger charge is -2.32. The quantitative estimate of drug-likeness (QED) is 0.914. The van der Waals surface area contributed by atoms with Crippen molar-refractivity contribution in [1.29, 1.82) is 0 Å². The number of benzene rings is 1. The Morgan fingerprint density at radius 3 is 2.85 bits per heavy atom. The number of aromatic carboxylic acids is 1. The van der Waals surface area contributed by atoms with Crippen molar-refractivity contribution < 1.29 is 19.4 Å². The van der Waals surface area contributed by atoms with E-state index in [0.29, 0.717) is 25.3 Å². The molecule has 20 heavy (non-hydrogen) atoms. The molecule has 0 aliphatic carbocycles.